The average molecular weight is 368 g/mol. The van der Waals surface area contributed by atoms with E-state index in [1.807, 2.05) is 18.2 Å². The molecule has 2 unspecified atom stereocenters. The third kappa shape index (κ3) is 4.50. The molecule has 1 fully saturated rings. The highest BCUT2D eigenvalue weighted by Crippen LogP contribution is 2.35. The topological polar surface area (TPSA) is 26.7 Å². The van der Waals surface area contributed by atoms with Crippen LogP contribution in [0.4, 0.5) is 10.1 Å². The predicted octanol–water partition coefficient (Wildman–Crippen LogP) is 4.02. The summed E-state index contributed by atoms with van der Waals surface area (Å²) in [5, 5.41) is 10.4. The van der Waals surface area contributed by atoms with E-state index < -0.39 is 0 Å². The Labute approximate surface area is 161 Å². The van der Waals surface area contributed by atoms with Crippen LogP contribution in [-0.4, -0.2) is 42.7 Å². The van der Waals surface area contributed by atoms with Crippen LogP contribution in [0.3, 0.4) is 0 Å². The van der Waals surface area contributed by atoms with E-state index in [0.29, 0.717) is 5.92 Å². The minimum absolute atomic E-state index is 0.173. The summed E-state index contributed by atoms with van der Waals surface area (Å²) in [5.41, 5.74) is 3.57. The zero-order chi connectivity index (χ0) is 18.6. The Morgan fingerprint density at radius 1 is 0.963 bits per heavy atom. The Morgan fingerprint density at radius 2 is 1.70 bits per heavy atom. The van der Waals surface area contributed by atoms with Gasteiger partial charge >= 0.3 is 0 Å². The second kappa shape index (κ2) is 8.41. The normalized spacial score (nSPS) is 23.3. The lowest BCUT2D eigenvalue weighted by atomic mass is 9.80. The summed E-state index contributed by atoms with van der Waals surface area (Å²) in [6.07, 6.45) is 4.08. The van der Waals surface area contributed by atoms with Crippen molar-refractivity contribution in [1.29, 1.82) is 0 Å². The quantitative estimate of drug-likeness (QED) is 0.863. The summed E-state index contributed by atoms with van der Waals surface area (Å²) >= 11 is 0. The number of aliphatic hydroxyl groups is 1. The minimum Gasteiger partial charge on any atom is -0.388 e. The molecule has 4 rings (SSSR count). The van der Waals surface area contributed by atoms with E-state index in [2.05, 4.69) is 28.0 Å². The highest BCUT2D eigenvalue weighted by Gasteiger charge is 2.25. The zero-order valence-corrected chi connectivity index (χ0v) is 15.9. The van der Waals surface area contributed by atoms with Gasteiger partial charge in [0.05, 0.1) is 6.10 Å². The number of nitrogens with zero attached hydrogens (tertiary/aromatic N) is 2. The molecule has 1 N–H and O–H groups in total. The Morgan fingerprint density at radius 3 is 2.48 bits per heavy atom. The second-order valence-corrected chi connectivity index (χ2v) is 7.97. The van der Waals surface area contributed by atoms with Crippen molar-refractivity contribution in [3.05, 3.63) is 65.5 Å². The first-order valence-electron chi connectivity index (χ1n) is 10.2. The molecular weight excluding hydrogens is 339 g/mol. The van der Waals surface area contributed by atoms with Gasteiger partial charge < -0.3 is 10.0 Å². The number of aliphatic hydroxyl groups excluding tert-OH is 1. The molecule has 0 radical (unpaired) electrons. The van der Waals surface area contributed by atoms with Crippen LogP contribution in [0.15, 0.2) is 48.5 Å². The van der Waals surface area contributed by atoms with Crippen molar-refractivity contribution in [3.63, 3.8) is 0 Å². The van der Waals surface area contributed by atoms with Gasteiger partial charge in [-0.15, -0.1) is 0 Å². The molecule has 1 heterocycles. The van der Waals surface area contributed by atoms with E-state index in [4.69, 9.17) is 0 Å². The lowest BCUT2D eigenvalue weighted by Gasteiger charge is -2.36. The van der Waals surface area contributed by atoms with E-state index in [-0.39, 0.29) is 11.9 Å². The number of rotatable bonds is 5. The number of anilines is 1. The molecule has 0 aromatic heterocycles. The molecular formula is C23H29FN2O. The maximum Gasteiger partial charge on any atom is 0.123 e. The summed E-state index contributed by atoms with van der Waals surface area (Å²) < 4.78 is 13.1. The molecule has 1 aliphatic carbocycles. The molecule has 2 aromatic carbocycles. The molecule has 1 aliphatic heterocycles. The average Bonchev–Trinajstić information content (AvgIpc) is 2.69. The summed E-state index contributed by atoms with van der Waals surface area (Å²) in [6.45, 7) is 5.26. The smallest absolute Gasteiger partial charge is 0.123 e. The second-order valence-electron chi connectivity index (χ2n) is 7.97. The summed E-state index contributed by atoms with van der Waals surface area (Å²) in [5.74, 6) is 0.420. The molecule has 2 aliphatic rings. The van der Waals surface area contributed by atoms with Gasteiger partial charge in [0.15, 0.2) is 0 Å². The molecule has 2 atom stereocenters. The molecule has 144 valence electrons. The van der Waals surface area contributed by atoms with Gasteiger partial charge in [0.2, 0.25) is 0 Å². The van der Waals surface area contributed by atoms with Crippen molar-refractivity contribution in [2.24, 2.45) is 5.92 Å². The van der Waals surface area contributed by atoms with Gasteiger partial charge in [-0.1, -0.05) is 24.3 Å². The number of fused-ring (bicyclic) bond motifs is 1. The fourth-order valence-electron chi connectivity index (χ4n) is 4.59. The van der Waals surface area contributed by atoms with Crippen LogP contribution in [0.25, 0.3) is 0 Å². The molecule has 2 aromatic rings. The number of piperazine rings is 1. The fourth-order valence-corrected chi connectivity index (χ4v) is 4.59. The van der Waals surface area contributed by atoms with Gasteiger partial charge in [0.25, 0.3) is 0 Å². The lowest BCUT2D eigenvalue weighted by molar-refractivity contribution is 0.126. The van der Waals surface area contributed by atoms with Crippen molar-refractivity contribution >= 4 is 5.69 Å². The van der Waals surface area contributed by atoms with E-state index in [1.165, 1.54) is 18.4 Å². The summed E-state index contributed by atoms with van der Waals surface area (Å²) in [4.78, 5) is 4.87. The van der Waals surface area contributed by atoms with Crippen molar-refractivity contribution < 1.29 is 9.50 Å². The molecule has 4 heteroatoms. The molecule has 0 bridgehead atoms. The van der Waals surface area contributed by atoms with Crippen molar-refractivity contribution in [2.75, 3.05) is 37.6 Å². The Hall–Kier alpha value is -1.91. The lowest BCUT2D eigenvalue weighted by Crippen LogP contribution is -2.46. The van der Waals surface area contributed by atoms with Gasteiger partial charge in [0, 0.05) is 31.9 Å². The largest absolute Gasteiger partial charge is 0.388 e. The first kappa shape index (κ1) is 18.5. The Bertz CT molecular complexity index is 740. The SMILES string of the molecule is OC1CC(CCCN2CCN(c3ccc(F)cc3)CC2)Cc2ccccc21. The first-order chi connectivity index (χ1) is 13.2. The zero-order valence-electron chi connectivity index (χ0n) is 15.9. The highest BCUT2D eigenvalue weighted by atomic mass is 19.1. The predicted molar refractivity (Wildman–Crippen MR) is 107 cm³/mol. The standard InChI is InChI=1S/C23H29FN2O/c24-20-7-9-21(10-8-20)26-14-12-25(13-15-26)11-3-4-18-16-19-5-1-2-6-22(19)23(27)17-18/h1-2,5-10,18,23,27H,3-4,11-17H2. The van der Waals surface area contributed by atoms with Crippen molar-refractivity contribution in [3.8, 4) is 0 Å². The summed E-state index contributed by atoms with van der Waals surface area (Å²) in [6, 6.07) is 15.2. The van der Waals surface area contributed by atoms with Crippen molar-refractivity contribution in [2.45, 2.75) is 31.8 Å². The highest BCUT2D eigenvalue weighted by molar-refractivity contribution is 5.46. The van der Waals surface area contributed by atoms with Gasteiger partial charge in [-0.05, 0) is 73.5 Å². The molecule has 3 nitrogen and oxygen atoms in total. The maximum atomic E-state index is 13.1. The van der Waals surface area contributed by atoms with Crippen LogP contribution in [0.5, 0.6) is 0 Å². The summed E-state index contributed by atoms with van der Waals surface area (Å²) in [7, 11) is 0. The van der Waals surface area contributed by atoms with Crippen LogP contribution < -0.4 is 4.90 Å². The van der Waals surface area contributed by atoms with Gasteiger partial charge in [0.1, 0.15) is 5.82 Å². The van der Waals surface area contributed by atoms with E-state index in [1.54, 1.807) is 12.1 Å². The minimum atomic E-state index is -0.292. The maximum absolute atomic E-state index is 13.1. The third-order valence-electron chi connectivity index (χ3n) is 6.13. The Balaban J connectivity index is 1.20. The third-order valence-corrected chi connectivity index (χ3v) is 6.13. The van der Waals surface area contributed by atoms with E-state index in [9.17, 15) is 9.50 Å². The van der Waals surface area contributed by atoms with Crippen molar-refractivity contribution in [1.82, 2.24) is 4.90 Å². The molecule has 1 saturated heterocycles. The van der Waals surface area contributed by atoms with Crippen LogP contribution in [0, 0.1) is 11.7 Å². The van der Waals surface area contributed by atoms with E-state index >= 15 is 0 Å². The number of hydrogen-bond donors (Lipinski definition) is 1. The number of benzene rings is 2. The van der Waals surface area contributed by atoms with Crippen LogP contribution >= 0.6 is 0 Å². The van der Waals surface area contributed by atoms with E-state index in [0.717, 1.165) is 56.8 Å². The number of hydrogen-bond acceptors (Lipinski definition) is 3. The number of halogens is 1. The van der Waals surface area contributed by atoms with Gasteiger partial charge in [-0.25, -0.2) is 4.39 Å². The monoisotopic (exact) mass is 368 g/mol. The van der Waals surface area contributed by atoms with Crippen LogP contribution in [-0.2, 0) is 6.42 Å². The molecule has 0 saturated carbocycles. The first-order valence-corrected chi connectivity index (χ1v) is 10.2. The molecule has 0 amide bonds. The Kier molecular flexibility index (Phi) is 5.74. The molecule has 0 spiro atoms. The van der Waals surface area contributed by atoms with Crippen LogP contribution in [0.2, 0.25) is 0 Å². The van der Waals surface area contributed by atoms with Gasteiger partial charge in [-0.3, -0.25) is 4.90 Å². The molecule has 27 heavy (non-hydrogen) atoms. The van der Waals surface area contributed by atoms with Gasteiger partial charge in [-0.2, -0.15) is 0 Å². The fraction of sp³-hybridized carbons (Fsp3) is 0.478. The van der Waals surface area contributed by atoms with Crippen LogP contribution in [0.1, 0.15) is 36.5 Å².